The summed E-state index contributed by atoms with van der Waals surface area (Å²) in [6.07, 6.45) is -0.595. The number of nitrogens with one attached hydrogen (secondary N) is 2. The predicted molar refractivity (Wildman–Crippen MR) is 102 cm³/mol. The molecule has 0 saturated carbocycles. The highest BCUT2D eigenvalue weighted by atomic mass is 79.9. The number of benzene rings is 2. The van der Waals surface area contributed by atoms with Crippen LogP contribution in [0.1, 0.15) is 19.4 Å². The highest BCUT2D eigenvalue weighted by Crippen LogP contribution is 2.18. The third-order valence-electron chi connectivity index (χ3n) is 3.42. The zero-order valence-corrected chi connectivity index (χ0v) is 16.2. The Balaban J connectivity index is 1.77. The lowest BCUT2D eigenvalue weighted by atomic mass is 10.1. The Kier molecular flexibility index (Phi) is 7.47. The molecular weight excluding hydrogens is 400 g/mol. The maximum atomic E-state index is 12.0. The van der Waals surface area contributed by atoms with Gasteiger partial charge in [0.25, 0.3) is 5.91 Å². The highest BCUT2D eigenvalue weighted by molar-refractivity contribution is 9.10. The SMILES string of the molecule is CCOc1ccc(OC(C)C(=O)NNC(=O)Cc2ccc(Br)cc2)cc1. The lowest BCUT2D eigenvalue weighted by Crippen LogP contribution is -2.47. The second kappa shape index (κ2) is 9.82. The lowest BCUT2D eigenvalue weighted by molar-refractivity contribution is -0.132. The van der Waals surface area contributed by atoms with Crippen molar-refractivity contribution in [3.63, 3.8) is 0 Å². The standard InChI is InChI=1S/C19H21BrN2O4/c1-3-25-16-8-10-17(11-9-16)26-13(2)19(24)22-21-18(23)12-14-4-6-15(20)7-5-14/h4-11,13H,3,12H2,1-2H3,(H,21,23)(H,22,24). The number of amides is 2. The summed E-state index contributed by atoms with van der Waals surface area (Å²) in [7, 11) is 0. The van der Waals surface area contributed by atoms with Crippen LogP contribution in [0.5, 0.6) is 11.5 Å². The molecule has 0 aliphatic rings. The van der Waals surface area contributed by atoms with Crippen LogP contribution in [0.4, 0.5) is 0 Å². The van der Waals surface area contributed by atoms with Gasteiger partial charge < -0.3 is 9.47 Å². The number of rotatable bonds is 7. The Morgan fingerprint density at radius 1 is 1.00 bits per heavy atom. The molecule has 1 atom stereocenters. The van der Waals surface area contributed by atoms with E-state index < -0.39 is 12.0 Å². The Bertz CT molecular complexity index is 732. The van der Waals surface area contributed by atoms with Gasteiger partial charge in [0.05, 0.1) is 13.0 Å². The van der Waals surface area contributed by atoms with Gasteiger partial charge in [0.15, 0.2) is 6.10 Å². The second-order valence-corrected chi connectivity index (χ2v) is 6.42. The van der Waals surface area contributed by atoms with Crippen LogP contribution in [-0.4, -0.2) is 24.5 Å². The summed E-state index contributed by atoms with van der Waals surface area (Å²) >= 11 is 3.34. The van der Waals surface area contributed by atoms with Crippen LogP contribution in [-0.2, 0) is 16.0 Å². The molecule has 2 N–H and O–H groups in total. The van der Waals surface area contributed by atoms with Crippen molar-refractivity contribution in [3.05, 3.63) is 58.6 Å². The molecule has 0 heterocycles. The van der Waals surface area contributed by atoms with Gasteiger partial charge in [-0.3, -0.25) is 20.4 Å². The van der Waals surface area contributed by atoms with E-state index >= 15 is 0 Å². The first-order chi connectivity index (χ1) is 12.5. The van der Waals surface area contributed by atoms with Crippen LogP contribution in [0.2, 0.25) is 0 Å². The van der Waals surface area contributed by atoms with Gasteiger partial charge in [-0.1, -0.05) is 28.1 Å². The van der Waals surface area contributed by atoms with Crippen molar-refractivity contribution in [1.82, 2.24) is 10.9 Å². The summed E-state index contributed by atoms with van der Waals surface area (Å²) in [6.45, 7) is 4.09. The van der Waals surface area contributed by atoms with E-state index in [1.807, 2.05) is 31.2 Å². The van der Waals surface area contributed by atoms with Gasteiger partial charge in [0, 0.05) is 4.47 Å². The van der Waals surface area contributed by atoms with Crippen LogP contribution < -0.4 is 20.3 Å². The first-order valence-corrected chi connectivity index (χ1v) is 9.00. The van der Waals surface area contributed by atoms with Gasteiger partial charge >= 0.3 is 0 Å². The van der Waals surface area contributed by atoms with Gasteiger partial charge in [0.2, 0.25) is 5.91 Å². The molecular formula is C19H21BrN2O4. The summed E-state index contributed by atoms with van der Waals surface area (Å²) < 4.78 is 11.8. The van der Waals surface area contributed by atoms with Gasteiger partial charge in [0.1, 0.15) is 11.5 Å². The third-order valence-corrected chi connectivity index (χ3v) is 3.95. The Morgan fingerprint density at radius 3 is 2.23 bits per heavy atom. The van der Waals surface area contributed by atoms with Crippen molar-refractivity contribution in [3.8, 4) is 11.5 Å². The molecule has 2 aromatic rings. The van der Waals surface area contributed by atoms with Gasteiger partial charge in [-0.2, -0.15) is 0 Å². The van der Waals surface area contributed by atoms with Gasteiger partial charge in [-0.25, -0.2) is 0 Å². The summed E-state index contributed by atoms with van der Waals surface area (Å²) in [4.78, 5) is 23.9. The molecule has 0 aliphatic heterocycles. The van der Waals surface area contributed by atoms with Crippen molar-refractivity contribution in [2.24, 2.45) is 0 Å². The smallest absolute Gasteiger partial charge is 0.279 e. The first-order valence-electron chi connectivity index (χ1n) is 8.20. The van der Waals surface area contributed by atoms with Crippen LogP contribution >= 0.6 is 15.9 Å². The van der Waals surface area contributed by atoms with Crippen molar-refractivity contribution in [2.45, 2.75) is 26.4 Å². The number of hydrazine groups is 1. The monoisotopic (exact) mass is 420 g/mol. The quantitative estimate of drug-likeness (QED) is 0.674. The molecule has 2 aromatic carbocycles. The predicted octanol–water partition coefficient (Wildman–Crippen LogP) is 3.01. The average molecular weight is 421 g/mol. The van der Waals surface area contributed by atoms with Crippen molar-refractivity contribution < 1.29 is 19.1 Å². The van der Waals surface area contributed by atoms with E-state index in [0.717, 1.165) is 15.8 Å². The van der Waals surface area contributed by atoms with E-state index in [-0.39, 0.29) is 12.3 Å². The van der Waals surface area contributed by atoms with E-state index in [2.05, 4.69) is 26.8 Å². The van der Waals surface area contributed by atoms with E-state index in [1.54, 1.807) is 31.2 Å². The van der Waals surface area contributed by atoms with Gasteiger partial charge in [-0.15, -0.1) is 0 Å². The Labute approximate surface area is 161 Å². The number of carbonyl (C=O) groups excluding carboxylic acids is 2. The second-order valence-electron chi connectivity index (χ2n) is 5.51. The van der Waals surface area contributed by atoms with Crippen molar-refractivity contribution >= 4 is 27.7 Å². The molecule has 0 radical (unpaired) electrons. The highest BCUT2D eigenvalue weighted by Gasteiger charge is 2.15. The molecule has 1 unspecified atom stereocenters. The average Bonchev–Trinajstić information content (AvgIpc) is 2.63. The molecule has 2 rings (SSSR count). The largest absolute Gasteiger partial charge is 0.494 e. The molecule has 26 heavy (non-hydrogen) atoms. The van der Waals surface area contributed by atoms with E-state index in [0.29, 0.717) is 12.4 Å². The molecule has 0 aromatic heterocycles. The van der Waals surface area contributed by atoms with Crippen molar-refractivity contribution in [1.29, 1.82) is 0 Å². The van der Waals surface area contributed by atoms with E-state index in [9.17, 15) is 9.59 Å². The third kappa shape index (κ3) is 6.40. The Hall–Kier alpha value is -2.54. The summed E-state index contributed by atoms with van der Waals surface area (Å²) in [5.41, 5.74) is 5.60. The zero-order valence-electron chi connectivity index (χ0n) is 14.6. The summed E-state index contributed by atoms with van der Waals surface area (Å²) in [5, 5.41) is 0. The fourth-order valence-corrected chi connectivity index (χ4v) is 2.37. The maximum Gasteiger partial charge on any atom is 0.279 e. The lowest BCUT2D eigenvalue weighted by Gasteiger charge is -2.15. The molecule has 0 spiro atoms. The maximum absolute atomic E-state index is 12.0. The molecule has 7 heteroatoms. The van der Waals surface area contributed by atoms with Crippen LogP contribution in [0, 0.1) is 0 Å². The molecule has 6 nitrogen and oxygen atoms in total. The topological polar surface area (TPSA) is 76.7 Å². The molecule has 0 bridgehead atoms. The Morgan fingerprint density at radius 2 is 1.62 bits per heavy atom. The number of ether oxygens (including phenoxy) is 2. The fraction of sp³-hybridized carbons (Fsp3) is 0.263. The number of hydrogen-bond acceptors (Lipinski definition) is 4. The first kappa shape index (κ1) is 19.8. The fourth-order valence-electron chi connectivity index (χ4n) is 2.10. The molecule has 2 amide bonds. The minimum absolute atomic E-state index is 0.168. The molecule has 0 saturated heterocycles. The van der Waals surface area contributed by atoms with E-state index in [1.165, 1.54) is 0 Å². The van der Waals surface area contributed by atoms with Crippen LogP contribution in [0.25, 0.3) is 0 Å². The molecule has 0 aliphatic carbocycles. The van der Waals surface area contributed by atoms with E-state index in [4.69, 9.17) is 9.47 Å². The summed E-state index contributed by atoms with van der Waals surface area (Å²) in [6, 6.07) is 14.4. The number of halogens is 1. The molecule has 0 fully saturated rings. The number of carbonyl (C=O) groups is 2. The number of hydrogen-bond donors (Lipinski definition) is 2. The minimum atomic E-state index is -0.763. The normalized spacial score (nSPS) is 11.3. The zero-order chi connectivity index (χ0) is 18.9. The van der Waals surface area contributed by atoms with Gasteiger partial charge in [-0.05, 0) is 55.8 Å². The summed E-state index contributed by atoms with van der Waals surface area (Å²) in [5.74, 6) is 0.520. The van der Waals surface area contributed by atoms with Crippen LogP contribution in [0.3, 0.4) is 0 Å². The van der Waals surface area contributed by atoms with Crippen LogP contribution in [0.15, 0.2) is 53.0 Å². The van der Waals surface area contributed by atoms with Crippen molar-refractivity contribution in [2.75, 3.05) is 6.61 Å². The molecule has 138 valence electrons. The minimum Gasteiger partial charge on any atom is -0.494 e.